The first-order chi connectivity index (χ1) is 4.88. The second-order valence-corrected chi connectivity index (χ2v) is 1.91. The van der Waals surface area contributed by atoms with Crippen molar-refractivity contribution in [1.29, 1.82) is 0 Å². The Balaban J connectivity index is 2.78. The molecule has 1 heterocycles. The third-order valence-electron chi connectivity index (χ3n) is 1.04. The van der Waals surface area contributed by atoms with Crippen LogP contribution in [-0.4, -0.2) is 24.9 Å². The van der Waals surface area contributed by atoms with Crippen molar-refractivity contribution in [3.8, 4) is 0 Å². The molecule has 0 aromatic carbocycles. The van der Waals surface area contributed by atoms with Crippen molar-refractivity contribution < 1.29 is 14.3 Å². The standard InChI is InChI=1S/C6H6O3S/c7-3-5(4-10)6-8-1-2-9-6/h3-4H,1-2H2. The minimum absolute atomic E-state index is 0.255. The zero-order valence-electron chi connectivity index (χ0n) is 5.20. The van der Waals surface area contributed by atoms with E-state index in [-0.39, 0.29) is 5.95 Å². The maximum atomic E-state index is 10.2. The molecule has 0 amide bonds. The fourth-order valence-corrected chi connectivity index (χ4v) is 0.753. The third-order valence-corrected chi connectivity index (χ3v) is 1.29. The smallest absolute Gasteiger partial charge is 0.291 e. The highest BCUT2D eigenvalue weighted by atomic mass is 32.1. The van der Waals surface area contributed by atoms with E-state index in [0.29, 0.717) is 25.1 Å². The number of thiocarbonyl (C=S) groups is 1. The number of hydrogen-bond donors (Lipinski definition) is 0. The van der Waals surface area contributed by atoms with Gasteiger partial charge in [-0.3, -0.25) is 4.79 Å². The first-order valence-electron chi connectivity index (χ1n) is 2.78. The van der Waals surface area contributed by atoms with E-state index in [1.54, 1.807) is 0 Å². The zero-order chi connectivity index (χ0) is 7.40. The fourth-order valence-electron chi connectivity index (χ4n) is 0.601. The molecular formula is C6H6O3S. The van der Waals surface area contributed by atoms with Gasteiger partial charge in [0.2, 0.25) is 0 Å². The van der Waals surface area contributed by atoms with Crippen molar-refractivity contribution >= 4 is 23.9 Å². The predicted octanol–water partition coefficient (Wildman–Crippen LogP) is 0.443. The Morgan fingerprint density at radius 2 is 2.10 bits per heavy atom. The number of carbonyl (C=O) groups is 1. The minimum atomic E-state index is 0.255. The van der Waals surface area contributed by atoms with Gasteiger partial charge in [0.1, 0.15) is 18.8 Å². The molecule has 3 nitrogen and oxygen atoms in total. The van der Waals surface area contributed by atoms with E-state index < -0.39 is 0 Å². The van der Waals surface area contributed by atoms with Crippen molar-refractivity contribution in [2.75, 3.05) is 13.2 Å². The molecule has 0 aliphatic carbocycles. The van der Waals surface area contributed by atoms with E-state index in [0.717, 1.165) is 0 Å². The second-order valence-electron chi connectivity index (χ2n) is 1.68. The molecule has 1 fully saturated rings. The van der Waals surface area contributed by atoms with E-state index in [1.807, 2.05) is 0 Å². The van der Waals surface area contributed by atoms with Gasteiger partial charge in [-0.25, -0.2) is 0 Å². The van der Waals surface area contributed by atoms with Crippen LogP contribution < -0.4 is 0 Å². The molecule has 1 aliphatic rings. The van der Waals surface area contributed by atoms with Crippen LogP contribution in [0.4, 0.5) is 0 Å². The topological polar surface area (TPSA) is 35.5 Å². The molecule has 0 spiro atoms. The number of ether oxygens (including phenoxy) is 2. The molecule has 1 rings (SSSR count). The van der Waals surface area contributed by atoms with Crippen LogP contribution in [0, 0.1) is 0 Å². The van der Waals surface area contributed by atoms with E-state index in [9.17, 15) is 4.79 Å². The van der Waals surface area contributed by atoms with Gasteiger partial charge in [-0.05, 0) is 0 Å². The van der Waals surface area contributed by atoms with Crippen LogP contribution in [0.15, 0.2) is 11.5 Å². The Morgan fingerprint density at radius 3 is 2.50 bits per heavy atom. The Bertz CT molecular complexity index is 167. The second kappa shape index (κ2) is 3.31. The van der Waals surface area contributed by atoms with Crippen LogP contribution in [0.3, 0.4) is 0 Å². The molecule has 0 aromatic rings. The molecule has 0 unspecified atom stereocenters. The van der Waals surface area contributed by atoms with Crippen molar-refractivity contribution in [1.82, 2.24) is 0 Å². The SMILES string of the molecule is O=CC(C=S)=C1OCCO1. The highest BCUT2D eigenvalue weighted by Gasteiger charge is 2.12. The molecule has 0 bridgehead atoms. The summed E-state index contributed by atoms with van der Waals surface area (Å²) in [7, 11) is 0. The summed E-state index contributed by atoms with van der Waals surface area (Å²) in [5, 5.41) is 1.24. The normalized spacial score (nSPS) is 15.4. The molecule has 0 radical (unpaired) electrons. The van der Waals surface area contributed by atoms with Crippen LogP contribution in [0.1, 0.15) is 0 Å². The maximum absolute atomic E-state index is 10.2. The molecule has 1 saturated heterocycles. The number of rotatable bonds is 2. The van der Waals surface area contributed by atoms with Gasteiger partial charge >= 0.3 is 0 Å². The highest BCUT2D eigenvalue weighted by molar-refractivity contribution is 7.79. The average molecular weight is 158 g/mol. The van der Waals surface area contributed by atoms with Crippen LogP contribution in [-0.2, 0) is 14.3 Å². The van der Waals surface area contributed by atoms with Crippen LogP contribution in [0.2, 0.25) is 0 Å². The Labute approximate surface area is 63.6 Å². The summed E-state index contributed by atoms with van der Waals surface area (Å²) in [6, 6.07) is 0. The van der Waals surface area contributed by atoms with Gasteiger partial charge in [0.25, 0.3) is 5.95 Å². The molecule has 1 aliphatic heterocycles. The van der Waals surface area contributed by atoms with Gasteiger partial charge in [0.15, 0.2) is 6.29 Å². The lowest BCUT2D eigenvalue weighted by Gasteiger charge is -1.96. The predicted molar refractivity (Wildman–Crippen MR) is 38.6 cm³/mol. The van der Waals surface area contributed by atoms with Gasteiger partial charge in [-0.2, -0.15) is 0 Å². The number of allylic oxidation sites excluding steroid dienone is 1. The molecule has 4 heteroatoms. The molecule has 10 heavy (non-hydrogen) atoms. The van der Waals surface area contributed by atoms with Crippen LogP contribution in [0.5, 0.6) is 0 Å². The summed E-state index contributed by atoms with van der Waals surface area (Å²) in [4.78, 5) is 10.2. The average Bonchev–Trinajstić information content (AvgIpc) is 2.43. The first-order valence-corrected chi connectivity index (χ1v) is 3.26. The summed E-state index contributed by atoms with van der Waals surface area (Å²) in [6.45, 7) is 0.992. The van der Waals surface area contributed by atoms with Crippen molar-refractivity contribution in [3.63, 3.8) is 0 Å². The van der Waals surface area contributed by atoms with E-state index >= 15 is 0 Å². The van der Waals surface area contributed by atoms with Gasteiger partial charge in [-0.1, -0.05) is 12.2 Å². The fraction of sp³-hybridized carbons (Fsp3) is 0.333. The van der Waals surface area contributed by atoms with Crippen molar-refractivity contribution in [3.05, 3.63) is 11.5 Å². The molecule has 0 saturated carbocycles. The first kappa shape index (κ1) is 7.21. The summed E-state index contributed by atoms with van der Waals surface area (Å²) in [6.07, 6.45) is 0.619. The monoisotopic (exact) mass is 158 g/mol. The van der Waals surface area contributed by atoms with Crippen molar-refractivity contribution in [2.45, 2.75) is 0 Å². The van der Waals surface area contributed by atoms with E-state index in [2.05, 4.69) is 12.2 Å². The lowest BCUT2D eigenvalue weighted by atomic mass is 10.4. The molecule has 0 atom stereocenters. The Hall–Kier alpha value is -0.900. The number of carbonyl (C=O) groups excluding carboxylic acids is 1. The number of aldehydes is 1. The molecular weight excluding hydrogens is 152 g/mol. The maximum Gasteiger partial charge on any atom is 0.291 e. The quantitative estimate of drug-likeness (QED) is 0.332. The zero-order valence-corrected chi connectivity index (χ0v) is 6.02. The minimum Gasteiger partial charge on any atom is -0.461 e. The Morgan fingerprint density at radius 1 is 1.50 bits per heavy atom. The molecule has 0 N–H and O–H groups in total. The van der Waals surface area contributed by atoms with Crippen LogP contribution >= 0.6 is 12.2 Å². The van der Waals surface area contributed by atoms with Gasteiger partial charge in [0.05, 0.1) is 0 Å². The van der Waals surface area contributed by atoms with Crippen molar-refractivity contribution in [2.24, 2.45) is 0 Å². The van der Waals surface area contributed by atoms with Gasteiger partial charge in [0, 0.05) is 5.37 Å². The lowest BCUT2D eigenvalue weighted by Crippen LogP contribution is -1.93. The van der Waals surface area contributed by atoms with Gasteiger partial charge in [-0.15, -0.1) is 0 Å². The Kier molecular flexibility index (Phi) is 2.39. The summed E-state index contributed by atoms with van der Waals surface area (Å²) in [5.74, 6) is 0.255. The largest absolute Gasteiger partial charge is 0.461 e. The van der Waals surface area contributed by atoms with E-state index in [4.69, 9.17) is 9.47 Å². The highest BCUT2D eigenvalue weighted by Crippen LogP contribution is 2.10. The summed E-state index contributed by atoms with van der Waals surface area (Å²) in [5.41, 5.74) is 0.299. The third kappa shape index (κ3) is 1.33. The summed E-state index contributed by atoms with van der Waals surface area (Å²) >= 11 is 4.54. The van der Waals surface area contributed by atoms with Crippen LogP contribution in [0.25, 0.3) is 0 Å². The molecule has 0 aromatic heterocycles. The van der Waals surface area contributed by atoms with E-state index in [1.165, 1.54) is 5.37 Å². The lowest BCUT2D eigenvalue weighted by molar-refractivity contribution is -0.104. The number of hydrogen-bond acceptors (Lipinski definition) is 4. The van der Waals surface area contributed by atoms with Gasteiger partial charge < -0.3 is 9.47 Å². The molecule has 54 valence electrons. The summed E-state index contributed by atoms with van der Waals surface area (Å²) < 4.78 is 9.85.